The molecule has 0 radical (unpaired) electrons. The van der Waals surface area contributed by atoms with Crippen molar-refractivity contribution in [3.8, 4) is 0 Å². The van der Waals surface area contributed by atoms with Crippen molar-refractivity contribution in [2.24, 2.45) is 0 Å². The molecule has 1 amide bonds. The second kappa shape index (κ2) is 6.91. The molecule has 4 heteroatoms. The Balaban J connectivity index is 2.67. The first-order chi connectivity index (χ1) is 8.19. The molecule has 0 fully saturated rings. The quantitative estimate of drug-likeness (QED) is 0.607. The van der Waals surface area contributed by atoms with Crippen molar-refractivity contribution in [2.75, 3.05) is 30.4 Å². The number of nitrogens with two attached hydrogens (primary N) is 1. The zero-order valence-corrected chi connectivity index (χ0v) is 10.5. The summed E-state index contributed by atoms with van der Waals surface area (Å²) in [6.07, 6.45) is 0.399. The lowest BCUT2D eigenvalue weighted by molar-refractivity contribution is -0.119. The van der Waals surface area contributed by atoms with Crippen LogP contribution in [0.15, 0.2) is 24.3 Å². The lowest BCUT2D eigenvalue weighted by atomic mass is 10.2. The molecular formula is C13H20N2O2. The highest BCUT2D eigenvalue weighted by Crippen LogP contribution is 2.18. The van der Waals surface area contributed by atoms with Gasteiger partial charge in [-0.05, 0) is 32.0 Å². The molecule has 0 heterocycles. The Morgan fingerprint density at radius 1 is 1.41 bits per heavy atom. The molecule has 0 atom stereocenters. The maximum Gasteiger partial charge on any atom is 0.229 e. The number of rotatable bonds is 6. The number of hydrogen-bond acceptors (Lipinski definition) is 3. The number of amides is 1. The largest absolute Gasteiger partial charge is 0.399 e. The summed E-state index contributed by atoms with van der Waals surface area (Å²) < 4.78 is 5.19. The predicted octanol–water partition coefficient (Wildman–Crippen LogP) is 2.05. The second-order valence-electron chi connectivity index (χ2n) is 3.68. The zero-order valence-electron chi connectivity index (χ0n) is 10.5. The Morgan fingerprint density at radius 2 is 2.18 bits per heavy atom. The first-order valence-electron chi connectivity index (χ1n) is 5.92. The third-order valence-corrected chi connectivity index (χ3v) is 2.46. The number of benzene rings is 1. The summed E-state index contributed by atoms with van der Waals surface area (Å²) in [7, 11) is 0. The zero-order chi connectivity index (χ0) is 12.7. The molecule has 0 spiro atoms. The number of hydrogen-bond donors (Lipinski definition) is 1. The number of nitrogens with zero attached hydrogens (tertiary/aromatic N) is 1. The van der Waals surface area contributed by atoms with Crippen molar-refractivity contribution in [3.63, 3.8) is 0 Å². The molecule has 94 valence electrons. The Morgan fingerprint density at radius 3 is 2.76 bits per heavy atom. The minimum Gasteiger partial charge on any atom is -0.399 e. The van der Waals surface area contributed by atoms with Crippen LogP contribution in [0.4, 0.5) is 11.4 Å². The topological polar surface area (TPSA) is 55.6 Å². The average Bonchev–Trinajstić information content (AvgIpc) is 2.30. The van der Waals surface area contributed by atoms with Crippen LogP contribution in [0.1, 0.15) is 20.3 Å². The van der Waals surface area contributed by atoms with Crippen molar-refractivity contribution < 1.29 is 9.53 Å². The minimum atomic E-state index is 0.0616. The molecule has 1 aromatic rings. The lowest BCUT2D eigenvalue weighted by Gasteiger charge is -2.21. The molecule has 0 aliphatic rings. The maximum atomic E-state index is 12.0. The van der Waals surface area contributed by atoms with Crippen LogP contribution >= 0.6 is 0 Å². The normalized spacial score (nSPS) is 10.2. The third-order valence-electron chi connectivity index (χ3n) is 2.46. The Bertz CT molecular complexity index is 366. The van der Waals surface area contributed by atoms with Crippen LogP contribution < -0.4 is 10.6 Å². The molecule has 1 aromatic carbocycles. The smallest absolute Gasteiger partial charge is 0.229 e. The molecule has 4 nitrogen and oxygen atoms in total. The Labute approximate surface area is 102 Å². The first kappa shape index (κ1) is 13.5. The first-order valence-corrected chi connectivity index (χ1v) is 5.92. The lowest BCUT2D eigenvalue weighted by Crippen LogP contribution is -2.31. The van der Waals surface area contributed by atoms with E-state index in [-0.39, 0.29) is 5.91 Å². The highest BCUT2D eigenvalue weighted by Gasteiger charge is 2.13. The van der Waals surface area contributed by atoms with Gasteiger partial charge in [0, 0.05) is 24.5 Å². The highest BCUT2D eigenvalue weighted by atomic mass is 16.5. The molecule has 0 aromatic heterocycles. The van der Waals surface area contributed by atoms with Crippen LogP contribution in [0.2, 0.25) is 0 Å². The van der Waals surface area contributed by atoms with Gasteiger partial charge in [0.1, 0.15) is 0 Å². The van der Waals surface area contributed by atoms with Gasteiger partial charge < -0.3 is 15.4 Å². The molecule has 0 saturated carbocycles. The molecule has 0 aliphatic heterocycles. The summed E-state index contributed by atoms with van der Waals surface area (Å²) in [4.78, 5) is 13.7. The maximum absolute atomic E-state index is 12.0. The summed E-state index contributed by atoms with van der Waals surface area (Å²) in [6, 6.07) is 7.35. The van der Waals surface area contributed by atoms with Crippen LogP contribution in [0.3, 0.4) is 0 Å². The van der Waals surface area contributed by atoms with E-state index >= 15 is 0 Å². The number of ether oxygens (including phenoxy) is 1. The third kappa shape index (κ3) is 4.07. The van der Waals surface area contributed by atoms with Gasteiger partial charge >= 0.3 is 0 Å². The summed E-state index contributed by atoms with van der Waals surface area (Å²) in [5, 5.41) is 0. The fraction of sp³-hybridized carbons (Fsp3) is 0.462. The summed E-state index contributed by atoms with van der Waals surface area (Å²) in [6.45, 7) is 5.60. The molecule has 2 N–H and O–H groups in total. The Hall–Kier alpha value is -1.55. The van der Waals surface area contributed by atoms with E-state index in [1.807, 2.05) is 38.1 Å². The van der Waals surface area contributed by atoms with E-state index in [1.165, 1.54) is 0 Å². The second-order valence-corrected chi connectivity index (χ2v) is 3.68. The SMILES string of the molecule is CCOCCC(=O)N(CC)c1cccc(N)c1. The van der Waals surface area contributed by atoms with Gasteiger partial charge in [-0.25, -0.2) is 0 Å². The van der Waals surface area contributed by atoms with E-state index in [0.29, 0.717) is 31.9 Å². The van der Waals surface area contributed by atoms with Crippen molar-refractivity contribution in [2.45, 2.75) is 20.3 Å². The fourth-order valence-electron chi connectivity index (χ4n) is 1.63. The van der Waals surface area contributed by atoms with Crippen molar-refractivity contribution in [3.05, 3.63) is 24.3 Å². The summed E-state index contributed by atoms with van der Waals surface area (Å²) in [5.41, 5.74) is 7.22. The molecule has 17 heavy (non-hydrogen) atoms. The average molecular weight is 236 g/mol. The van der Waals surface area contributed by atoms with Crippen molar-refractivity contribution >= 4 is 17.3 Å². The van der Waals surface area contributed by atoms with E-state index in [0.717, 1.165) is 5.69 Å². The molecule has 0 saturated heterocycles. The number of carbonyl (C=O) groups excluding carboxylic acids is 1. The highest BCUT2D eigenvalue weighted by molar-refractivity contribution is 5.93. The molecule has 0 bridgehead atoms. The van der Waals surface area contributed by atoms with Gasteiger partial charge in [0.15, 0.2) is 0 Å². The minimum absolute atomic E-state index is 0.0616. The number of carbonyl (C=O) groups is 1. The van der Waals surface area contributed by atoms with Gasteiger partial charge in [-0.1, -0.05) is 6.07 Å². The number of nitrogen functional groups attached to an aromatic ring is 1. The fourth-order valence-corrected chi connectivity index (χ4v) is 1.63. The van der Waals surface area contributed by atoms with E-state index < -0.39 is 0 Å². The van der Waals surface area contributed by atoms with Crippen LogP contribution in [0, 0.1) is 0 Å². The molecule has 0 unspecified atom stereocenters. The molecule has 0 aliphatic carbocycles. The Kier molecular flexibility index (Phi) is 5.49. The summed E-state index contributed by atoms with van der Waals surface area (Å²) in [5.74, 6) is 0.0616. The van der Waals surface area contributed by atoms with Gasteiger partial charge in [0.25, 0.3) is 0 Å². The van der Waals surface area contributed by atoms with Gasteiger partial charge in [0.2, 0.25) is 5.91 Å². The molecular weight excluding hydrogens is 216 g/mol. The van der Waals surface area contributed by atoms with E-state index in [1.54, 1.807) is 4.90 Å². The van der Waals surface area contributed by atoms with Crippen LogP contribution in [-0.4, -0.2) is 25.7 Å². The monoisotopic (exact) mass is 236 g/mol. The van der Waals surface area contributed by atoms with Crippen LogP contribution in [0.5, 0.6) is 0 Å². The van der Waals surface area contributed by atoms with Gasteiger partial charge in [0.05, 0.1) is 13.0 Å². The van der Waals surface area contributed by atoms with Gasteiger partial charge in [-0.3, -0.25) is 4.79 Å². The van der Waals surface area contributed by atoms with Gasteiger partial charge in [-0.15, -0.1) is 0 Å². The van der Waals surface area contributed by atoms with E-state index in [2.05, 4.69) is 0 Å². The standard InChI is InChI=1S/C13H20N2O2/c1-3-15(13(16)8-9-17-4-2)12-7-5-6-11(14)10-12/h5-7,10H,3-4,8-9,14H2,1-2H3. The number of anilines is 2. The summed E-state index contributed by atoms with van der Waals surface area (Å²) >= 11 is 0. The van der Waals surface area contributed by atoms with Crippen LogP contribution in [0.25, 0.3) is 0 Å². The van der Waals surface area contributed by atoms with Crippen LogP contribution in [-0.2, 0) is 9.53 Å². The predicted molar refractivity (Wildman–Crippen MR) is 70.0 cm³/mol. The van der Waals surface area contributed by atoms with E-state index in [4.69, 9.17) is 10.5 Å². The molecule has 1 rings (SSSR count). The van der Waals surface area contributed by atoms with Crippen molar-refractivity contribution in [1.29, 1.82) is 0 Å². The van der Waals surface area contributed by atoms with Crippen molar-refractivity contribution in [1.82, 2.24) is 0 Å². The van der Waals surface area contributed by atoms with E-state index in [9.17, 15) is 4.79 Å². The van der Waals surface area contributed by atoms with Gasteiger partial charge in [-0.2, -0.15) is 0 Å².